The first-order valence-electron chi connectivity index (χ1n) is 6.07. The van der Waals surface area contributed by atoms with Crippen LogP contribution in [0.4, 0.5) is 0 Å². The molecule has 17 heavy (non-hydrogen) atoms. The van der Waals surface area contributed by atoms with Gasteiger partial charge in [-0.1, -0.05) is 15.9 Å². The molecule has 1 aliphatic heterocycles. The molecule has 0 unspecified atom stereocenters. The molecule has 1 radical (unpaired) electrons. The summed E-state index contributed by atoms with van der Waals surface area (Å²) < 4.78 is 8.83. The van der Waals surface area contributed by atoms with Crippen molar-refractivity contribution in [2.24, 2.45) is 5.92 Å². The molecule has 0 bridgehead atoms. The van der Waals surface area contributed by atoms with Gasteiger partial charge in [-0.3, -0.25) is 0 Å². The van der Waals surface area contributed by atoms with Crippen molar-refractivity contribution >= 4 is 26.8 Å². The third-order valence-corrected chi connectivity index (χ3v) is 3.93. The highest BCUT2D eigenvalue weighted by atomic mass is 79.9. The maximum atomic E-state index is 5.40. The van der Waals surface area contributed by atoms with Crippen LogP contribution in [0.3, 0.4) is 0 Å². The van der Waals surface area contributed by atoms with Gasteiger partial charge in [-0.25, -0.2) is 0 Å². The number of ether oxygens (including phenoxy) is 1. The summed E-state index contributed by atoms with van der Waals surface area (Å²) in [7, 11) is 0. The second-order valence-electron chi connectivity index (χ2n) is 4.64. The molecule has 0 spiro atoms. The summed E-state index contributed by atoms with van der Waals surface area (Å²) in [6, 6.07) is 9.70. The number of rotatable bonds is 2. The molecule has 1 fully saturated rings. The van der Waals surface area contributed by atoms with Gasteiger partial charge in [0.05, 0.1) is 0 Å². The van der Waals surface area contributed by atoms with Gasteiger partial charge in [0, 0.05) is 47.4 Å². The molecule has 3 rings (SSSR count). The Labute approximate surface area is 110 Å². The van der Waals surface area contributed by atoms with Crippen LogP contribution in [0, 0.1) is 12.0 Å². The number of hydrogen-bond donors (Lipinski definition) is 0. The van der Waals surface area contributed by atoms with Crippen LogP contribution in [-0.4, -0.2) is 17.8 Å². The number of hydrogen-bond acceptors (Lipinski definition) is 1. The molecule has 1 aliphatic rings. The van der Waals surface area contributed by atoms with Crippen LogP contribution in [0.15, 0.2) is 28.9 Å². The molecule has 0 saturated carbocycles. The smallest absolute Gasteiger partial charge is 0.0487 e. The highest BCUT2D eigenvalue weighted by Crippen LogP contribution is 2.23. The zero-order valence-corrected chi connectivity index (χ0v) is 11.2. The number of aromatic nitrogens is 1. The summed E-state index contributed by atoms with van der Waals surface area (Å²) in [4.78, 5) is 0. The lowest BCUT2D eigenvalue weighted by molar-refractivity contribution is 0.0616. The lowest BCUT2D eigenvalue weighted by atomic mass is 10.0. The van der Waals surface area contributed by atoms with Gasteiger partial charge in [-0.2, -0.15) is 0 Å². The minimum absolute atomic E-state index is 0.747. The van der Waals surface area contributed by atoms with E-state index in [1.54, 1.807) is 0 Å². The summed E-state index contributed by atoms with van der Waals surface area (Å²) in [5, 5.41) is 1.19. The molecule has 2 aromatic rings. The summed E-state index contributed by atoms with van der Waals surface area (Å²) in [6.07, 6.45) is 4.43. The minimum Gasteiger partial charge on any atom is -0.381 e. The Morgan fingerprint density at radius 2 is 2.18 bits per heavy atom. The van der Waals surface area contributed by atoms with Crippen molar-refractivity contribution in [2.75, 3.05) is 13.2 Å². The van der Waals surface area contributed by atoms with Crippen LogP contribution in [0.5, 0.6) is 0 Å². The van der Waals surface area contributed by atoms with Gasteiger partial charge >= 0.3 is 0 Å². The molecule has 3 heteroatoms. The lowest BCUT2D eigenvalue weighted by Crippen LogP contribution is -2.19. The lowest BCUT2D eigenvalue weighted by Gasteiger charge is -2.22. The third-order valence-electron chi connectivity index (χ3n) is 3.44. The number of nitrogens with zero attached hydrogens (tertiary/aromatic N) is 1. The molecule has 0 aliphatic carbocycles. The fraction of sp³-hybridized carbons (Fsp3) is 0.429. The van der Waals surface area contributed by atoms with Crippen molar-refractivity contribution in [3.63, 3.8) is 0 Å². The minimum atomic E-state index is 0.747. The quantitative estimate of drug-likeness (QED) is 0.824. The van der Waals surface area contributed by atoms with Crippen LogP contribution in [0.25, 0.3) is 10.9 Å². The fourth-order valence-electron chi connectivity index (χ4n) is 2.45. The Bertz CT molecular complexity index is 514. The second-order valence-corrected chi connectivity index (χ2v) is 5.56. The standard InChI is InChI=1S/C14H15BrNO/c15-13-1-2-14-12(9-13)3-6-16(14)10-11-4-7-17-8-5-11/h1-2,6,9,11H,4-5,7-8,10H2. The van der Waals surface area contributed by atoms with Crippen molar-refractivity contribution in [3.8, 4) is 0 Å². The summed E-state index contributed by atoms with van der Waals surface area (Å²) in [6.45, 7) is 2.92. The van der Waals surface area contributed by atoms with Gasteiger partial charge in [-0.05, 0) is 37.0 Å². The van der Waals surface area contributed by atoms with Crippen LogP contribution in [0.2, 0.25) is 0 Å². The van der Waals surface area contributed by atoms with E-state index in [-0.39, 0.29) is 0 Å². The Morgan fingerprint density at radius 3 is 3.00 bits per heavy atom. The maximum absolute atomic E-state index is 5.40. The van der Waals surface area contributed by atoms with E-state index in [9.17, 15) is 0 Å². The van der Waals surface area contributed by atoms with E-state index >= 15 is 0 Å². The molecular weight excluding hydrogens is 278 g/mol. The highest BCUT2D eigenvalue weighted by molar-refractivity contribution is 9.10. The van der Waals surface area contributed by atoms with Crippen molar-refractivity contribution in [3.05, 3.63) is 34.9 Å². The molecule has 0 atom stereocenters. The van der Waals surface area contributed by atoms with Gasteiger partial charge in [-0.15, -0.1) is 0 Å². The molecule has 1 aromatic heterocycles. The summed E-state index contributed by atoms with van der Waals surface area (Å²) in [5.74, 6) is 0.747. The normalized spacial score (nSPS) is 17.7. The van der Waals surface area contributed by atoms with E-state index in [1.165, 1.54) is 23.7 Å². The van der Waals surface area contributed by atoms with Crippen LogP contribution < -0.4 is 0 Å². The average molecular weight is 293 g/mol. The van der Waals surface area contributed by atoms with Crippen molar-refractivity contribution in [1.29, 1.82) is 0 Å². The van der Waals surface area contributed by atoms with Gasteiger partial charge in [0.2, 0.25) is 0 Å². The van der Waals surface area contributed by atoms with Gasteiger partial charge in [0.1, 0.15) is 0 Å². The molecule has 0 amide bonds. The first-order chi connectivity index (χ1) is 8.33. The maximum Gasteiger partial charge on any atom is 0.0487 e. The van der Waals surface area contributed by atoms with Crippen molar-refractivity contribution < 1.29 is 4.74 Å². The molecule has 1 saturated heterocycles. The number of halogens is 1. The summed E-state index contributed by atoms with van der Waals surface area (Å²) in [5.41, 5.74) is 1.28. The predicted octanol–water partition coefficient (Wildman–Crippen LogP) is 3.63. The van der Waals surface area contributed by atoms with E-state index < -0.39 is 0 Å². The molecule has 0 N–H and O–H groups in total. The van der Waals surface area contributed by atoms with Crippen LogP contribution in [-0.2, 0) is 11.3 Å². The Kier molecular flexibility index (Phi) is 3.21. The topological polar surface area (TPSA) is 14.2 Å². The molecule has 1 aromatic carbocycles. The van der Waals surface area contributed by atoms with Gasteiger partial charge in [0.25, 0.3) is 0 Å². The van der Waals surface area contributed by atoms with E-state index in [1.807, 2.05) is 0 Å². The van der Waals surface area contributed by atoms with E-state index in [4.69, 9.17) is 4.74 Å². The third kappa shape index (κ3) is 2.40. The van der Waals surface area contributed by atoms with Crippen LogP contribution >= 0.6 is 15.9 Å². The molecule has 2 heterocycles. The molecule has 89 valence electrons. The highest BCUT2D eigenvalue weighted by Gasteiger charge is 2.15. The number of benzene rings is 1. The SMILES string of the molecule is Brc1ccc2c([c]cn2CC2CCOCC2)c1. The molecule has 2 nitrogen and oxygen atoms in total. The first-order valence-corrected chi connectivity index (χ1v) is 6.86. The Morgan fingerprint density at radius 1 is 1.35 bits per heavy atom. The van der Waals surface area contributed by atoms with Gasteiger partial charge < -0.3 is 9.30 Å². The average Bonchev–Trinajstić information content (AvgIpc) is 2.73. The zero-order valence-electron chi connectivity index (χ0n) is 9.66. The van der Waals surface area contributed by atoms with Gasteiger partial charge in [0.15, 0.2) is 0 Å². The Hall–Kier alpha value is -0.800. The van der Waals surface area contributed by atoms with E-state index in [2.05, 4.69) is 51.0 Å². The van der Waals surface area contributed by atoms with E-state index in [0.29, 0.717) is 0 Å². The van der Waals surface area contributed by atoms with Crippen molar-refractivity contribution in [2.45, 2.75) is 19.4 Å². The predicted molar refractivity (Wildman–Crippen MR) is 72.0 cm³/mol. The zero-order chi connectivity index (χ0) is 11.7. The fourth-order valence-corrected chi connectivity index (χ4v) is 2.81. The number of fused-ring (bicyclic) bond motifs is 1. The monoisotopic (exact) mass is 292 g/mol. The molecular formula is C14H15BrNO. The second kappa shape index (κ2) is 4.83. The largest absolute Gasteiger partial charge is 0.381 e. The first kappa shape index (κ1) is 11.3. The summed E-state index contributed by atoms with van der Waals surface area (Å²) >= 11 is 3.49. The van der Waals surface area contributed by atoms with Crippen molar-refractivity contribution in [1.82, 2.24) is 4.57 Å². The van der Waals surface area contributed by atoms with Crippen LogP contribution in [0.1, 0.15) is 12.8 Å². The van der Waals surface area contributed by atoms with E-state index in [0.717, 1.165) is 30.1 Å². The Balaban J connectivity index is 1.84.